The van der Waals surface area contributed by atoms with Crippen LogP contribution in [0.1, 0.15) is 11.7 Å². The molecule has 1 aromatic carbocycles. The maximum atomic E-state index is 11.4. The quantitative estimate of drug-likeness (QED) is 0.612. The molecule has 0 aliphatic heterocycles. The number of benzene rings is 1. The lowest BCUT2D eigenvalue weighted by Crippen LogP contribution is -2.34. The Kier molecular flexibility index (Phi) is 3.98. The zero-order valence-electron chi connectivity index (χ0n) is 10.5. The monoisotopic (exact) mass is 280 g/mol. The zero-order chi connectivity index (χ0) is 13.9. The minimum absolute atomic E-state index is 0.0813. The molecule has 2 aromatic rings. The minimum atomic E-state index is -3.14. The van der Waals surface area contributed by atoms with Gasteiger partial charge in [-0.2, -0.15) is 5.10 Å². The summed E-state index contributed by atoms with van der Waals surface area (Å²) in [6.45, 7) is 0. The van der Waals surface area contributed by atoms with Gasteiger partial charge in [-0.3, -0.25) is 11.3 Å². The van der Waals surface area contributed by atoms with Gasteiger partial charge in [-0.25, -0.2) is 13.1 Å². The number of hydrogen-bond donors (Lipinski definition) is 2. The molecule has 19 heavy (non-hydrogen) atoms. The standard InChI is InChI=1S/C12H16N4O2S/c1-19(17,18)9-11(15-13)12-7-8-14-16(12)10-5-3-2-4-6-10/h2-8,11,15H,9,13H2,1H3. The second-order valence-electron chi connectivity index (χ2n) is 4.32. The van der Waals surface area contributed by atoms with Crippen molar-refractivity contribution in [3.05, 3.63) is 48.3 Å². The van der Waals surface area contributed by atoms with Crippen LogP contribution >= 0.6 is 0 Å². The van der Waals surface area contributed by atoms with Crippen molar-refractivity contribution in [2.24, 2.45) is 5.84 Å². The third-order valence-corrected chi connectivity index (χ3v) is 3.64. The molecule has 1 unspecified atom stereocenters. The third kappa shape index (κ3) is 3.40. The summed E-state index contributed by atoms with van der Waals surface area (Å²) in [7, 11) is -3.14. The fourth-order valence-electron chi connectivity index (χ4n) is 1.88. The maximum Gasteiger partial charge on any atom is 0.149 e. The molecule has 2 rings (SSSR count). The Morgan fingerprint density at radius 3 is 2.58 bits per heavy atom. The van der Waals surface area contributed by atoms with Crippen molar-refractivity contribution >= 4 is 9.84 Å². The molecule has 0 saturated carbocycles. The molecule has 7 heteroatoms. The molecule has 0 bridgehead atoms. The smallest absolute Gasteiger partial charge is 0.149 e. The number of rotatable bonds is 5. The number of aromatic nitrogens is 2. The number of nitrogens with zero attached hydrogens (tertiary/aromatic N) is 2. The topological polar surface area (TPSA) is 90.0 Å². The van der Waals surface area contributed by atoms with E-state index in [9.17, 15) is 8.42 Å². The van der Waals surface area contributed by atoms with Gasteiger partial charge in [-0.05, 0) is 18.2 Å². The van der Waals surface area contributed by atoms with Gasteiger partial charge in [0.05, 0.1) is 23.2 Å². The Labute approximate surface area is 112 Å². The molecule has 0 saturated heterocycles. The predicted molar refractivity (Wildman–Crippen MR) is 73.3 cm³/mol. The van der Waals surface area contributed by atoms with Crippen LogP contribution in [0, 0.1) is 0 Å². The van der Waals surface area contributed by atoms with Crippen LogP contribution in [0.25, 0.3) is 5.69 Å². The van der Waals surface area contributed by atoms with Gasteiger partial charge in [-0.15, -0.1) is 0 Å². The summed E-state index contributed by atoms with van der Waals surface area (Å²) in [5, 5.41) is 4.21. The highest BCUT2D eigenvalue weighted by Gasteiger charge is 2.20. The first-order valence-electron chi connectivity index (χ1n) is 5.74. The fourth-order valence-corrected chi connectivity index (χ4v) is 2.76. The summed E-state index contributed by atoms with van der Waals surface area (Å²) in [5.74, 6) is 5.38. The Balaban J connectivity index is 2.38. The largest absolute Gasteiger partial charge is 0.271 e. The van der Waals surface area contributed by atoms with E-state index in [1.807, 2.05) is 30.3 Å². The van der Waals surface area contributed by atoms with Crippen LogP contribution in [-0.4, -0.2) is 30.2 Å². The van der Waals surface area contributed by atoms with Gasteiger partial charge in [0.25, 0.3) is 0 Å². The van der Waals surface area contributed by atoms with E-state index in [0.29, 0.717) is 5.69 Å². The van der Waals surface area contributed by atoms with Crippen LogP contribution in [0.2, 0.25) is 0 Å². The normalized spacial score (nSPS) is 13.4. The Bertz CT molecular complexity index is 637. The van der Waals surface area contributed by atoms with Crippen LogP contribution in [0.4, 0.5) is 0 Å². The average molecular weight is 280 g/mol. The summed E-state index contributed by atoms with van der Waals surface area (Å²) in [6.07, 6.45) is 2.80. The zero-order valence-corrected chi connectivity index (χ0v) is 11.3. The van der Waals surface area contributed by atoms with Gasteiger partial charge < -0.3 is 0 Å². The second-order valence-corrected chi connectivity index (χ2v) is 6.50. The molecule has 3 N–H and O–H groups in total. The molecule has 6 nitrogen and oxygen atoms in total. The number of sulfone groups is 1. The lowest BCUT2D eigenvalue weighted by atomic mass is 10.2. The summed E-state index contributed by atoms with van der Waals surface area (Å²) in [5.41, 5.74) is 4.10. The van der Waals surface area contributed by atoms with E-state index in [1.54, 1.807) is 16.9 Å². The van der Waals surface area contributed by atoms with E-state index in [-0.39, 0.29) is 5.75 Å². The molecule has 1 atom stereocenters. The van der Waals surface area contributed by atoms with Crippen LogP contribution < -0.4 is 11.3 Å². The van der Waals surface area contributed by atoms with E-state index in [2.05, 4.69) is 10.5 Å². The van der Waals surface area contributed by atoms with Gasteiger partial charge >= 0.3 is 0 Å². The van der Waals surface area contributed by atoms with Crippen molar-refractivity contribution in [1.82, 2.24) is 15.2 Å². The molecule has 0 amide bonds. The molecule has 102 valence electrons. The minimum Gasteiger partial charge on any atom is -0.271 e. The molecule has 0 radical (unpaired) electrons. The highest BCUT2D eigenvalue weighted by Crippen LogP contribution is 2.18. The average Bonchev–Trinajstić information content (AvgIpc) is 2.85. The SMILES string of the molecule is CS(=O)(=O)CC(NN)c1ccnn1-c1ccccc1. The van der Waals surface area contributed by atoms with Gasteiger partial charge in [0, 0.05) is 12.5 Å². The number of hydrogen-bond acceptors (Lipinski definition) is 5. The van der Waals surface area contributed by atoms with Crippen LogP contribution in [0.15, 0.2) is 42.6 Å². The highest BCUT2D eigenvalue weighted by molar-refractivity contribution is 7.90. The van der Waals surface area contributed by atoms with Crippen molar-refractivity contribution in [2.45, 2.75) is 6.04 Å². The van der Waals surface area contributed by atoms with E-state index < -0.39 is 15.9 Å². The Hall–Kier alpha value is -1.70. The molecule has 0 fully saturated rings. The van der Waals surface area contributed by atoms with Crippen molar-refractivity contribution < 1.29 is 8.42 Å². The number of nitrogens with two attached hydrogens (primary N) is 1. The summed E-state index contributed by atoms with van der Waals surface area (Å²) < 4.78 is 24.5. The maximum absolute atomic E-state index is 11.4. The fraction of sp³-hybridized carbons (Fsp3) is 0.250. The Morgan fingerprint density at radius 1 is 1.32 bits per heavy atom. The van der Waals surface area contributed by atoms with Crippen LogP contribution in [0.3, 0.4) is 0 Å². The third-order valence-electron chi connectivity index (χ3n) is 2.70. The number of nitrogens with one attached hydrogen (secondary N) is 1. The van der Waals surface area contributed by atoms with Crippen molar-refractivity contribution in [1.29, 1.82) is 0 Å². The van der Waals surface area contributed by atoms with Crippen molar-refractivity contribution in [3.8, 4) is 5.69 Å². The molecular weight excluding hydrogens is 264 g/mol. The molecule has 0 aliphatic rings. The van der Waals surface area contributed by atoms with Gasteiger partial charge in [0.2, 0.25) is 0 Å². The predicted octanol–water partition coefficient (Wildman–Crippen LogP) is 0.421. The van der Waals surface area contributed by atoms with E-state index in [1.165, 1.54) is 6.26 Å². The molecule has 0 aliphatic carbocycles. The van der Waals surface area contributed by atoms with Gasteiger partial charge in [-0.1, -0.05) is 18.2 Å². The van der Waals surface area contributed by atoms with Crippen molar-refractivity contribution in [3.63, 3.8) is 0 Å². The summed E-state index contributed by atoms with van der Waals surface area (Å²) >= 11 is 0. The van der Waals surface area contributed by atoms with Crippen molar-refractivity contribution in [2.75, 3.05) is 12.0 Å². The molecule has 1 aromatic heterocycles. The molecular formula is C12H16N4O2S. The first-order valence-corrected chi connectivity index (χ1v) is 7.80. The first-order chi connectivity index (χ1) is 9.01. The first kappa shape index (κ1) is 13.7. The van der Waals surface area contributed by atoms with Crippen LogP contribution in [0.5, 0.6) is 0 Å². The van der Waals surface area contributed by atoms with Crippen LogP contribution in [-0.2, 0) is 9.84 Å². The molecule has 1 heterocycles. The molecule has 0 spiro atoms. The lowest BCUT2D eigenvalue weighted by Gasteiger charge is -2.16. The number of para-hydroxylation sites is 1. The number of hydrazine groups is 1. The van der Waals surface area contributed by atoms with E-state index >= 15 is 0 Å². The van der Waals surface area contributed by atoms with E-state index in [4.69, 9.17) is 5.84 Å². The lowest BCUT2D eigenvalue weighted by molar-refractivity contribution is 0.545. The van der Waals surface area contributed by atoms with Gasteiger partial charge in [0.15, 0.2) is 0 Å². The highest BCUT2D eigenvalue weighted by atomic mass is 32.2. The second kappa shape index (κ2) is 5.52. The summed E-state index contributed by atoms with van der Waals surface area (Å²) in [6, 6.07) is 10.7. The van der Waals surface area contributed by atoms with E-state index in [0.717, 1.165) is 5.69 Å². The Morgan fingerprint density at radius 2 is 2.00 bits per heavy atom. The van der Waals surface area contributed by atoms with Gasteiger partial charge in [0.1, 0.15) is 9.84 Å². The summed E-state index contributed by atoms with van der Waals surface area (Å²) in [4.78, 5) is 0.